The van der Waals surface area contributed by atoms with E-state index in [9.17, 15) is 14.9 Å². The molecule has 1 aliphatic rings. The van der Waals surface area contributed by atoms with E-state index in [2.05, 4.69) is 5.32 Å². The Hall–Kier alpha value is -3.00. The Labute approximate surface area is 153 Å². The predicted molar refractivity (Wildman–Crippen MR) is 94.7 cm³/mol. The van der Waals surface area contributed by atoms with E-state index in [1.807, 2.05) is 0 Å². The molecule has 0 aromatic heterocycles. The second-order valence-electron chi connectivity index (χ2n) is 5.27. The van der Waals surface area contributed by atoms with E-state index in [1.165, 1.54) is 12.1 Å². The van der Waals surface area contributed by atoms with E-state index in [-0.39, 0.29) is 29.4 Å². The molecule has 0 saturated heterocycles. The molecule has 9 heteroatoms. The molecule has 1 N–H and O–H groups in total. The number of nitro benzene ring substituents is 1. The number of nitrogens with one attached hydrogen (secondary N) is 1. The molecule has 0 unspecified atom stereocenters. The molecule has 2 aromatic rings. The molecule has 136 valence electrons. The van der Waals surface area contributed by atoms with Crippen molar-refractivity contribution in [1.29, 1.82) is 0 Å². The summed E-state index contributed by atoms with van der Waals surface area (Å²) >= 11 is 6.09. The summed E-state index contributed by atoms with van der Waals surface area (Å²) < 4.78 is 16.2. The molecular weight excluding hydrogens is 364 g/mol. The number of carbonyl (C=O) groups is 1. The van der Waals surface area contributed by atoms with Gasteiger partial charge in [0.05, 0.1) is 28.3 Å². The minimum Gasteiger partial charge on any atom is -0.490 e. The lowest BCUT2D eigenvalue weighted by molar-refractivity contribution is -0.385. The first-order valence-corrected chi connectivity index (χ1v) is 8.19. The number of hydrogen-bond acceptors (Lipinski definition) is 6. The molecular formula is C17H15ClN2O6. The van der Waals surface area contributed by atoms with E-state index in [0.29, 0.717) is 29.7 Å². The van der Waals surface area contributed by atoms with Gasteiger partial charge in [0.25, 0.3) is 11.6 Å². The highest BCUT2D eigenvalue weighted by molar-refractivity contribution is 6.32. The zero-order valence-electron chi connectivity index (χ0n) is 13.8. The fraction of sp³-hybridized carbons (Fsp3) is 0.235. The quantitative estimate of drug-likeness (QED) is 0.629. The Morgan fingerprint density at radius 2 is 2.00 bits per heavy atom. The van der Waals surface area contributed by atoms with Crippen LogP contribution in [0.15, 0.2) is 30.3 Å². The van der Waals surface area contributed by atoms with Crippen LogP contribution in [0.3, 0.4) is 0 Å². The van der Waals surface area contributed by atoms with Crippen molar-refractivity contribution >= 4 is 28.9 Å². The van der Waals surface area contributed by atoms with Crippen molar-refractivity contribution in [2.75, 3.05) is 25.1 Å². The van der Waals surface area contributed by atoms with Gasteiger partial charge in [-0.25, -0.2) is 0 Å². The zero-order chi connectivity index (χ0) is 18.7. The van der Waals surface area contributed by atoms with Crippen LogP contribution in [0, 0.1) is 10.1 Å². The summed E-state index contributed by atoms with van der Waals surface area (Å²) in [6.45, 7) is 2.71. The molecule has 0 atom stereocenters. The highest BCUT2D eigenvalue weighted by Gasteiger charge is 2.27. The lowest BCUT2D eigenvalue weighted by Crippen LogP contribution is -2.19. The maximum Gasteiger partial charge on any atom is 0.286 e. The van der Waals surface area contributed by atoms with E-state index in [0.717, 1.165) is 0 Å². The molecule has 8 nitrogen and oxygen atoms in total. The fourth-order valence-electron chi connectivity index (χ4n) is 2.50. The van der Waals surface area contributed by atoms with Crippen molar-refractivity contribution in [1.82, 2.24) is 0 Å². The maximum absolute atomic E-state index is 12.7. The van der Waals surface area contributed by atoms with Crippen molar-refractivity contribution < 1.29 is 23.9 Å². The highest BCUT2D eigenvalue weighted by atomic mass is 35.5. The van der Waals surface area contributed by atoms with Crippen LogP contribution in [0.2, 0.25) is 5.02 Å². The summed E-state index contributed by atoms with van der Waals surface area (Å²) in [6.07, 6.45) is 0. The minimum absolute atomic E-state index is 0.151. The largest absolute Gasteiger partial charge is 0.490 e. The predicted octanol–water partition coefficient (Wildman–Crippen LogP) is 3.67. The van der Waals surface area contributed by atoms with Gasteiger partial charge in [0, 0.05) is 6.07 Å². The van der Waals surface area contributed by atoms with E-state index in [1.54, 1.807) is 25.1 Å². The summed E-state index contributed by atoms with van der Waals surface area (Å²) in [4.78, 5) is 23.4. The molecule has 0 fully saturated rings. The Bertz CT molecular complexity index is 871. The van der Waals surface area contributed by atoms with Crippen LogP contribution in [0.25, 0.3) is 0 Å². The summed E-state index contributed by atoms with van der Waals surface area (Å²) in [5, 5.41) is 14.3. The lowest BCUT2D eigenvalue weighted by Gasteiger charge is -2.19. The molecule has 26 heavy (non-hydrogen) atoms. The summed E-state index contributed by atoms with van der Waals surface area (Å²) in [5.74, 6) is 0.127. The number of nitrogens with zero attached hydrogens (tertiary/aromatic N) is 1. The van der Waals surface area contributed by atoms with Crippen LogP contribution in [0.4, 0.5) is 11.4 Å². The Balaban J connectivity index is 1.98. The molecule has 0 spiro atoms. The number of carbonyl (C=O) groups excluding carboxylic acids is 1. The van der Waals surface area contributed by atoms with Gasteiger partial charge >= 0.3 is 0 Å². The first-order chi connectivity index (χ1) is 12.5. The molecule has 0 saturated carbocycles. The maximum atomic E-state index is 12.7. The average Bonchev–Trinajstić information content (AvgIpc) is 2.63. The minimum atomic E-state index is -0.683. The summed E-state index contributed by atoms with van der Waals surface area (Å²) in [6, 6.07) is 7.34. The third kappa shape index (κ3) is 3.50. The van der Waals surface area contributed by atoms with Crippen LogP contribution >= 0.6 is 11.6 Å². The number of anilines is 1. The monoisotopic (exact) mass is 378 g/mol. The third-order valence-electron chi connectivity index (χ3n) is 3.61. The summed E-state index contributed by atoms with van der Waals surface area (Å²) in [7, 11) is 0. The second-order valence-corrected chi connectivity index (χ2v) is 5.68. The Morgan fingerprint density at radius 3 is 2.65 bits per heavy atom. The SMILES string of the molecule is CCOc1c(Cl)cccc1NC(=O)c1cc2c(cc1[N+](=O)[O-])OCCO2. The number of benzene rings is 2. The van der Waals surface area contributed by atoms with Crippen molar-refractivity contribution in [2.45, 2.75) is 6.92 Å². The zero-order valence-corrected chi connectivity index (χ0v) is 14.5. The van der Waals surface area contributed by atoms with E-state index in [4.69, 9.17) is 25.8 Å². The van der Waals surface area contributed by atoms with Crippen LogP contribution in [-0.2, 0) is 0 Å². The fourth-order valence-corrected chi connectivity index (χ4v) is 2.73. The Morgan fingerprint density at radius 1 is 1.31 bits per heavy atom. The normalized spacial score (nSPS) is 12.4. The van der Waals surface area contributed by atoms with Gasteiger partial charge in [0.15, 0.2) is 17.2 Å². The van der Waals surface area contributed by atoms with Crippen molar-refractivity contribution in [3.63, 3.8) is 0 Å². The van der Waals surface area contributed by atoms with Gasteiger partial charge in [-0.05, 0) is 19.1 Å². The number of para-hydroxylation sites is 1. The highest BCUT2D eigenvalue weighted by Crippen LogP contribution is 2.38. The molecule has 1 heterocycles. The number of fused-ring (bicyclic) bond motifs is 1. The van der Waals surface area contributed by atoms with Gasteiger partial charge in [-0.15, -0.1) is 0 Å². The number of nitro groups is 1. The number of rotatable bonds is 5. The van der Waals surface area contributed by atoms with Crippen LogP contribution < -0.4 is 19.5 Å². The standard InChI is InChI=1S/C17H15ClN2O6/c1-2-24-16-11(18)4-3-5-12(16)19-17(21)10-8-14-15(26-7-6-25-14)9-13(10)20(22)23/h3-5,8-9H,2,6-7H2,1H3,(H,19,21). The second kappa shape index (κ2) is 7.49. The van der Waals surface area contributed by atoms with Crippen LogP contribution in [-0.4, -0.2) is 30.7 Å². The number of hydrogen-bond donors (Lipinski definition) is 1. The van der Waals surface area contributed by atoms with Crippen molar-refractivity contribution in [2.24, 2.45) is 0 Å². The van der Waals surface area contributed by atoms with Gasteiger partial charge in [-0.2, -0.15) is 0 Å². The van der Waals surface area contributed by atoms with Gasteiger partial charge in [0.2, 0.25) is 0 Å². The first kappa shape index (κ1) is 17.8. The van der Waals surface area contributed by atoms with Crippen LogP contribution in [0.5, 0.6) is 17.2 Å². The van der Waals surface area contributed by atoms with Gasteiger partial charge in [-0.1, -0.05) is 17.7 Å². The molecule has 0 aliphatic carbocycles. The van der Waals surface area contributed by atoms with E-state index >= 15 is 0 Å². The van der Waals surface area contributed by atoms with Gasteiger partial charge in [-0.3, -0.25) is 14.9 Å². The van der Waals surface area contributed by atoms with Crippen molar-refractivity contribution in [3.8, 4) is 17.2 Å². The van der Waals surface area contributed by atoms with E-state index < -0.39 is 10.8 Å². The molecule has 1 aliphatic heterocycles. The van der Waals surface area contributed by atoms with Gasteiger partial charge < -0.3 is 19.5 Å². The molecule has 0 radical (unpaired) electrons. The van der Waals surface area contributed by atoms with Crippen molar-refractivity contribution in [3.05, 3.63) is 51.0 Å². The van der Waals surface area contributed by atoms with Gasteiger partial charge in [0.1, 0.15) is 18.8 Å². The lowest BCUT2D eigenvalue weighted by atomic mass is 10.1. The topological polar surface area (TPSA) is 99.9 Å². The molecule has 3 rings (SSSR count). The first-order valence-electron chi connectivity index (χ1n) is 7.82. The number of ether oxygens (including phenoxy) is 3. The third-order valence-corrected chi connectivity index (χ3v) is 3.90. The van der Waals surface area contributed by atoms with Crippen LogP contribution in [0.1, 0.15) is 17.3 Å². The number of amides is 1. The molecule has 1 amide bonds. The molecule has 0 bridgehead atoms. The average molecular weight is 379 g/mol. The summed E-state index contributed by atoms with van der Waals surface area (Å²) in [5.41, 5.74) is -0.220. The smallest absolute Gasteiger partial charge is 0.286 e. The Kier molecular flexibility index (Phi) is 5.13. The number of halogens is 1. The molecule has 2 aromatic carbocycles.